The Balaban J connectivity index is 0.00000266. The van der Waals surface area contributed by atoms with E-state index in [1.54, 1.807) is 0 Å². The number of hydrogen-bond acceptors (Lipinski definition) is 4. The standard InChI is InChI=1S/C48H44N4O2.2BrH/c1-3-11-43-41(9-1)13-15-45(53-35-7-5-29-51-31-21-39(22-32-51)37-17-25-49-26-18-37)47(43)48-44-12-4-2-10-42(44)14-16-46(48)54-36-8-6-30-52-33-23-40(24-34-52)38-19-27-50-28-20-38;;/h1-4,9-28,31-34H,5-8,29-30,35-36H2;2*1H/q+2;;/p-2. The molecule has 0 spiro atoms. The van der Waals surface area contributed by atoms with Crippen LogP contribution in [0.2, 0.25) is 0 Å². The van der Waals surface area contributed by atoms with E-state index in [1.807, 2.05) is 49.1 Å². The minimum Gasteiger partial charge on any atom is -1.00 e. The zero-order chi connectivity index (χ0) is 36.4. The van der Waals surface area contributed by atoms with Gasteiger partial charge in [0.2, 0.25) is 0 Å². The molecule has 0 saturated carbocycles. The summed E-state index contributed by atoms with van der Waals surface area (Å²) in [5.41, 5.74) is 6.92. The first-order valence-electron chi connectivity index (χ1n) is 18.9. The maximum Gasteiger partial charge on any atom is 0.169 e. The fraction of sp³-hybridized carbons (Fsp3) is 0.167. The van der Waals surface area contributed by atoms with Crippen molar-refractivity contribution in [1.82, 2.24) is 9.97 Å². The number of nitrogens with zero attached hydrogens (tertiary/aromatic N) is 4. The zero-order valence-corrected chi connectivity index (χ0v) is 34.4. The smallest absolute Gasteiger partial charge is 0.169 e. The number of aromatic nitrogens is 4. The Morgan fingerprint density at radius 3 is 1.18 bits per heavy atom. The van der Waals surface area contributed by atoms with Gasteiger partial charge in [0.15, 0.2) is 24.8 Å². The van der Waals surface area contributed by atoms with Crippen LogP contribution in [0.15, 0.2) is 171 Å². The molecular formula is C48H44Br2N4O2. The first-order chi connectivity index (χ1) is 26.8. The van der Waals surface area contributed by atoms with E-state index in [9.17, 15) is 0 Å². The normalized spacial score (nSPS) is 10.8. The lowest BCUT2D eigenvalue weighted by molar-refractivity contribution is -0.697. The van der Waals surface area contributed by atoms with Crippen LogP contribution >= 0.6 is 0 Å². The van der Waals surface area contributed by atoms with Crippen molar-refractivity contribution in [1.29, 1.82) is 0 Å². The average molecular weight is 869 g/mol. The first kappa shape index (κ1) is 40.2. The fourth-order valence-corrected chi connectivity index (χ4v) is 7.10. The van der Waals surface area contributed by atoms with Crippen LogP contribution in [0.1, 0.15) is 25.7 Å². The Bertz CT molecular complexity index is 2270. The number of pyridine rings is 4. The van der Waals surface area contributed by atoms with Gasteiger partial charge in [0.05, 0.1) is 13.2 Å². The van der Waals surface area contributed by atoms with Crippen LogP contribution in [-0.4, -0.2) is 23.2 Å². The molecule has 0 radical (unpaired) electrons. The van der Waals surface area contributed by atoms with E-state index >= 15 is 0 Å². The van der Waals surface area contributed by atoms with Gasteiger partial charge in [-0.2, -0.15) is 0 Å². The van der Waals surface area contributed by atoms with Crippen LogP contribution in [0, 0.1) is 0 Å². The molecule has 0 N–H and O–H groups in total. The van der Waals surface area contributed by atoms with Crippen molar-refractivity contribution < 1.29 is 52.6 Å². The fourth-order valence-electron chi connectivity index (χ4n) is 7.10. The lowest BCUT2D eigenvalue weighted by Crippen LogP contribution is -3.00. The molecule has 4 aromatic carbocycles. The number of unbranched alkanes of at least 4 members (excludes halogenated alkanes) is 2. The van der Waals surface area contributed by atoms with Gasteiger partial charge in [-0.15, -0.1) is 0 Å². The van der Waals surface area contributed by atoms with Gasteiger partial charge in [0.1, 0.15) is 24.6 Å². The van der Waals surface area contributed by atoms with Gasteiger partial charge in [-0.05, 0) is 93.0 Å². The van der Waals surface area contributed by atoms with E-state index in [0.29, 0.717) is 13.2 Å². The quantitative estimate of drug-likeness (QED) is 0.115. The second kappa shape index (κ2) is 19.9. The van der Waals surface area contributed by atoms with Crippen molar-refractivity contribution in [3.05, 3.63) is 171 Å². The number of fused-ring (bicyclic) bond motifs is 2. The number of halogens is 2. The molecule has 0 fully saturated rings. The lowest BCUT2D eigenvalue weighted by atomic mass is 9.92. The van der Waals surface area contributed by atoms with Gasteiger partial charge < -0.3 is 43.4 Å². The van der Waals surface area contributed by atoms with E-state index in [2.05, 4.69) is 141 Å². The molecule has 0 unspecified atom stereocenters. The summed E-state index contributed by atoms with van der Waals surface area (Å²) >= 11 is 0. The van der Waals surface area contributed by atoms with Crippen molar-refractivity contribution in [2.75, 3.05) is 13.2 Å². The zero-order valence-electron chi connectivity index (χ0n) is 31.2. The number of rotatable bonds is 15. The number of benzene rings is 4. The maximum atomic E-state index is 6.67. The lowest BCUT2D eigenvalue weighted by Gasteiger charge is -2.20. The summed E-state index contributed by atoms with van der Waals surface area (Å²) in [6.45, 7) is 3.12. The SMILES string of the molecule is [Br-].[Br-].c1ccc2c(-c3c(OCCCC[n+]4ccc(-c5ccncc5)cc4)ccc4ccccc34)c(OCCCC[n+]3ccc(-c4ccncc4)cc3)ccc2c1. The minimum absolute atomic E-state index is 0. The summed E-state index contributed by atoms with van der Waals surface area (Å²) in [7, 11) is 0. The highest BCUT2D eigenvalue weighted by Crippen LogP contribution is 2.45. The van der Waals surface area contributed by atoms with E-state index in [0.717, 1.165) is 72.2 Å². The molecule has 0 aliphatic rings. The Morgan fingerprint density at radius 2 is 0.768 bits per heavy atom. The molecule has 0 amide bonds. The van der Waals surface area contributed by atoms with Gasteiger partial charge in [0.25, 0.3) is 0 Å². The topological polar surface area (TPSA) is 52.0 Å². The highest BCUT2D eigenvalue weighted by atomic mass is 79.9. The second-order valence-corrected chi connectivity index (χ2v) is 13.6. The Morgan fingerprint density at radius 1 is 0.393 bits per heavy atom. The van der Waals surface area contributed by atoms with Crippen molar-refractivity contribution in [3.8, 4) is 44.9 Å². The van der Waals surface area contributed by atoms with Gasteiger partial charge in [-0.1, -0.05) is 60.7 Å². The predicted molar refractivity (Wildman–Crippen MR) is 216 cm³/mol. The number of ether oxygens (including phenoxy) is 2. The van der Waals surface area contributed by atoms with Crippen molar-refractivity contribution in [2.24, 2.45) is 0 Å². The van der Waals surface area contributed by atoms with Gasteiger partial charge in [-0.25, -0.2) is 9.13 Å². The number of hydrogen-bond donors (Lipinski definition) is 0. The minimum atomic E-state index is 0. The molecule has 8 heteroatoms. The molecule has 4 aromatic heterocycles. The van der Waals surface area contributed by atoms with E-state index in [-0.39, 0.29) is 34.0 Å². The van der Waals surface area contributed by atoms with Crippen LogP contribution < -0.4 is 52.6 Å². The first-order valence-corrected chi connectivity index (χ1v) is 18.9. The Kier molecular flexibility index (Phi) is 14.3. The van der Waals surface area contributed by atoms with Crippen molar-refractivity contribution in [3.63, 3.8) is 0 Å². The summed E-state index contributed by atoms with van der Waals surface area (Å²) in [6.07, 6.45) is 19.8. The third kappa shape index (κ3) is 9.67. The molecule has 8 aromatic rings. The third-order valence-electron chi connectivity index (χ3n) is 9.98. The molecule has 8 rings (SSSR count). The molecular weight excluding hydrogens is 824 g/mol. The van der Waals surface area contributed by atoms with E-state index < -0.39 is 0 Å². The van der Waals surface area contributed by atoms with Crippen molar-refractivity contribution in [2.45, 2.75) is 38.8 Å². The number of aryl methyl sites for hydroxylation is 2. The molecule has 4 heterocycles. The molecule has 6 nitrogen and oxygen atoms in total. The van der Waals surface area contributed by atoms with Crippen LogP contribution in [0.25, 0.3) is 54.9 Å². The summed E-state index contributed by atoms with van der Waals surface area (Å²) in [5, 5.41) is 4.68. The molecule has 0 aliphatic heterocycles. The summed E-state index contributed by atoms with van der Waals surface area (Å²) < 4.78 is 17.8. The molecule has 56 heavy (non-hydrogen) atoms. The highest BCUT2D eigenvalue weighted by molar-refractivity contribution is 6.09. The highest BCUT2D eigenvalue weighted by Gasteiger charge is 2.19. The maximum absolute atomic E-state index is 6.67. The second-order valence-electron chi connectivity index (χ2n) is 13.6. The van der Waals surface area contributed by atoms with E-state index in [4.69, 9.17) is 9.47 Å². The Labute approximate surface area is 350 Å². The van der Waals surface area contributed by atoms with Crippen molar-refractivity contribution >= 4 is 21.5 Å². The molecule has 0 saturated heterocycles. The largest absolute Gasteiger partial charge is 1.00 e. The van der Waals surface area contributed by atoms with Gasteiger partial charge in [0, 0.05) is 73.0 Å². The third-order valence-corrected chi connectivity index (χ3v) is 9.98. The van der Waals surface area contributed by atoms with Crippen LogP contribution in [0.4, 0.5) is 0 Å². The van der Waals surface area contributed by atoms with Crippen LogP contribution in [0.3, 0.4) is 0 Å². The summed E-state index contributed by atoms with van der Waals surface area (Å²) in [4.78, 5) is 8.27. The molecule has 0 atom stereocenters. The average Bonchev–Trinajstić information content (AvgIpc) is 3.24. The van der Waals surface area contributed by atoms with Crippen LogP contribution in [-0.2, 0) is 13.1 Å². The summed E-state index contributed by atoms with van der Waals surface area (Å²) in [6, 6.07) is 42.6. The van der Waals surface area contributed by atoms with E-state index in [1.165, 1.54) is 33.0 Å². The Hall–Kier alpha value is -5.44. The van der Waals surface area contributed by atoms with Gasteiger partial charge >= 0.3 is 0 Å². The van der Waals surface area contributed by atoms with Crippen LogP contribution in [0.5, 0.6) is 11.5 Å². The molecule has 0 aliphatic carbocycles. The predicted octanol–water partition coefficient (Wildman–Crippen LogP) is 4.09. The molecule has 282 valence electrons. The molecule has 0 bridgehead atoms. The summed E-state index contributed by atoms with van der Waals surface area (Å²) in [5.74, 6) is 1.77. The monoisotopic (exact) mass is 866 g/mol. The van der Waals surface area contributed by atoms with Gasteiger partial charge in [-0.3, -0.25) is 9.97 Å².